The molecule has 3 rings (SSSR count). The normalized spacial score (nSPS) is 16.2. The Morgan fingerprint density at radius 1 is 1.05 bits per heavy atom. The van der Waals surface area contributed by atoms with E-state index in [0.717, 1.165) is 48.3 Å². The van der Waals surface area contributed by atoms with E-state index in [1.807, 2.05) is 18.2 Å². The van der Waals surface area contributed by atoms with Gasteiger partial charge in [0.2, 0.25) is 0 Å². The van der Waals surface area contributed by atoms with Crippen molar-refractivity contribution in [1.82, 2.24) is 5.32 Å². The summed E-state index contributed by atoms with van der Waals surface area (Å²) >= 11 is 0. The van der Waals surface area contributed by atoms with Crippen molar-refractivity contribution in [3.05, 3.63) is 70.3 Å². The molecule has 1 atom stereocenters. The molecule has 2 nitrogen and oxygen atoms in total. The Bertz CT molecular complexity index is 665. The van der Waals surface area contributed by atoms with Crippen LogP contribution in [0.1, 0.15) is 33.9 Å². The zero-order chi connectivity index (χ0) is 15.7. The van der Waals surface area contributed by atoms with Crippen molar-refractivity contribution in [2.75, 3.05) is 6.54 Å². The zero-order valence-corrected chi connectivity index (χ0v) is 11.8. The van der Waals surface area contributed by atoms with Crippen molar-refractivity contribution in [3.8, 4) is 0 Å². The Morgan fingerprint density at radius 3 is 2.45 bits per heavy atom. The Balaban J connectivity index is 1.93. The molecule has 0 aromatic heterocycles. The van der Waals surface area contributed by atoms with Gasteiger partial charge < -0.3 is 10.4 Å². The molecule has 2 aromatic carbocycles. The molecule has 2 aromatic rings. The zero-order valence-electron chi connectivity index (χ0n) is 11.8. The predicted octanol–water partition coefficient (Wildman–Crippen LogP) is 3.43. The fraction of sp³-hybridized carbons (Fsp3) is 0.294. The monoisotopic (exact) mass is 307 g/mol. The molecular weight excluding hydrogens is 291 g/mol. The van der Waals surface area contributed by atoms with E-state index in [1.54, 1.807) is 0 Å². The van der Waals surface area contributed by atoms with Gasteiger partial charge in [0, 0.05) is 6.54 Å². The second-order valence-electron chi connectivity index (χ2n) is 5.43. The average molecular weight is 307 g/mol. The highest BCUT2D eigenvalue weighted by molar-refractivity contribution is 5.42. The van der Waals surface area contributed by atoms with Crippen molar-refractivity contribution in [3.63, 3.8) is 0 Å². The lowest BCUT2D eigenvalue weighted by Crippen LogP contribution is -2.25. The standard InChI is InChI=1S/C17H16F3NO/c18-17(19,20)13-6-4-11(5-7-13)16(22)15-3-1-2-12-10-21-9-8-14(12)15/h1-7,16,21-22H,8-10H2. The van der Waals surface area contributed by atoms with Crippen LogP contribution in [-0.4, -0.2) is 11.7 Å². The van der Waals surface area contributed by atoms with Crippen LogP contribution in [0.5, 0.6) is 0 Å². The van der Waals surface area contributed by atoms with E-state index >= 15 is 0 Å². The number of rotatable bonds is 2. The second-order valence-corrected chi connectivity index (χ2v) is 5.43. The van der Waals surface area contributed by atoms with Crippen LogP contribution in [0.2, 0.25) is 0 Å². The van der Waals surface area contributed by atoms with Gasteiger partial charge in [-0.3, -0.25) is 0 Å². The summed E-state index contributed by atoms with van der Waals surface area (Å²) in [5, 5.41) is 13.8. The topological polar surface area (TPSA) is 32.3 Å². The highest BCUT2D eigenvalue weighted by atomic mass is 19.4. The van der Waals surface area contributed by atoms with Gasteiger partial charge in [0.25, 0.3) is 0 Å². The largest absolute Gasteiger partial charge is 0.416 e. The van der Waals surface area contributed by atoms with E-state index in [1.165, 1.54) is 12.1 Å². The lowest BCUT2D eigenvalue weighted by molar-refractivity contribution is -0.137. The van der Waals surface area contributed by atoms with Gasteiger partial charge in [0.1, 0.15) is 6.10 Å². The maximum absolute atomic E-state index is 12.6. The number of aliphatic hydroxyl groups is 1. The number of aliphatic hydroxyl groups excluding tert-OH is 1. The number of fused-ring (bicyclic) bond motifs is 1. The van der Waals surface area contributed by atoms with Gasteiger partial charge in [-0.2, -0.15) is 13.2 Å². The molecule has 0 fully saturated rings. The third-order valence-corrected chi connectivity index (χ3v) is 4.02. The molecular formula is C17H16F3NO. The SMILES string of the molecule is OC(c1ccc(C(F)(F)F)cc1)c1cccc2c1CCNC2. The van der Waals surface area contributed by atoms with Gasteiger partial charge in [0.05, 0.1) is 5.56 Å². The summed E-state index contributed by atoms with van der Waals surface area (Å²) in [5.74, 6) is 0. The lowest BCUT2D eigenvalue weighted by Gasteiger charge is -2.23. The van der Waals surface area contributed by atoms with E-state index < -0.39 is 17.8 Å². The minimum absolute atomic E-state index is 0.472. The van der Waals surface area contributed by atoms with Gasteiger partial charge in [0.15, 0.2) is 0 Å². The first kappa shape index (κ1) is 15.1. The fourth-order valence-electron chi connectivity index (χ4n) is 2.85. The first-order valence-electron chi connectivity index (χ1n) is 7.13. The Hall–Kier alpha value is -1.85. The summed E-state index contributed by atoms with van der Waals surface area (Å²) in [4.78, 5) is 0. The maximum atomic E-state index is 12.6. The number of halogens is 3. The van der Waals surface area contributed by atoms with Crippen molar-refractivity contribution >= 4 is 0 Å². The molecule has 116 valence electrons. The van der Waals surface area contributed by atoms with Crippen LogP contribution in [0.4, 0.5) is 13.2 Å². The smallest absolute Gasteiger partial charge is 0.384 e. The van der Waals surface area contributed by atoms with Gasteiger partial charge in [-0.25, -0.2) is 0 Å². The molecule has 5 heteroatoms. The van der Waals surface area contributed by atoms with E-state index in [2.05, 4.69) is 5.32 Å². The molecule has 0 bridgehead atoms. The van der Waals surface area contributed by atoms with Crippen molar-refractivity contribution in [2.45, 2.75) is 25.2 Å². The molecule has 1 heterocycles. The first-order valence-corrected chi connectivity index (χ1v) is 7.13. The number of benzene rings is 2. The molecule has 1 aliphatic rings. The maximum Gasteiger partial charge on any atom is 0.416 e. The molecule has 22 heavy (non-hydrogen) atoms. The van der Waals surface area contributed by atoms with Gasteiger partial charge >= 0.3 is 6.18 Å². The number of hydrogen-bond donors (Lipinski definition) is 2. The summed E-state index contributed by atoms with van der Waals surface area (Å²) < 4.78 is 37.8. The summed E-state index contributed by atoms with van der Waals surface area (Å²) in [6.07, 6.45) is -4.46. The highest BCUT2D eigenvalue weighted by Crippen LogP contribution is 2.32. The minimum atomic E-state index is -4.36. The second kappa shape index (κ2) is 5.74. The van der Waals surface area contributed by atoms with Crippen molar-refractivity contribution < 1.29 is 18.3 Å². The molecule has 1 aliphatic heterocycles. The quantitative estimate of drug-likeness (QED) is 0.891. The summed E-state index contributed by atoms with van der Waals surface area (Å²) in [7, 11) is 0. The number of hydrogen-bond acceptors (Lipinski definition) is 2. The van der Waals surface area contributed by atoms with Crippen LogP contribution in [0.3, 0.4) is 0 Å². The number of alkyl halides is 3. The highest BCUT2D eigenvalue weighted by Gasteiger charge is 2.30. The van der Waals surface area contributed by atoms with E-state index in [-0.39, 0.29) is 0 Å². The van der Waals surface area contributed by atoms with E-state index in [4.69, 9.17) is 0 Å². The average Bonchev–Trinajstić information content (AvgIpc) is 2.53. The Labute approximate surface area is 126 Å². The lowest BCUT2D eigenvalue weighted by atomic mass is 9.90. The minimum Gasteiger partial charge on any atom is -0.384 e. The molecule has 0 aliphatic carbocycles. The summed E-state index contributed by atoms with van der Waals surface area (Å²) in [6, 6.07) is 10.4. The molecule has 0 radical (unpaired) electrons. The molecule has 2 N–H and O–H groups in total. The van der Waals surface area contributed by atoms with Crippen LogP contribution < -0.4 is 5.32 Å². The van der Waals surface area contributed by atoms with Crippen molar-refractivity contribution in [2.24, 2.45) is 0 Å². The summed E-state index contributed by atoms with van der Waals surface area (Å²) in [5.41, 5.74) is 2.77. The molecule has 0 saturated carbocycles. The Kier molecular flexibility index (Phi) is 3.93. The first-order chi connectivity index (χ1) is 10.5. The predicted molar refractivity (Wildman–Crippen MR) is 77.4 cm³/mol. The van der Waals surface area contributed by atoms with Crippen LogP contribution in [0.25, 0.3) is 0 Å². The van der Waals surface area contributed by atoms with Gasteiger partial charge in [-0.1, -0.05) is 30.3 Å². The molecule has 0 spiro atoms. The molecule has 1 unspecified atom stereocenters. The van der Waals surface area contributed by atoms with E-state index in [9.17, 15) is 18.3 Å². The molecule has 0 saturated heterocycles. The van der Waals surface area contributed by atoms with Crippen LogP contribution in [0, 0.1) is 0 Å². The van der Waals surface area contributed by atoms with Crippen LogP contribution >= 0.6 is 0 Å². The Morgan fingerprint density at radius 2 is 1.77 bits per heavy atom. The van der Waals surface area contributed by atoms with Crippen LogP contribution in [0.15, 0.2) is 42.5 Å². The van der Waals surface area contributed by atoms with Crippen molar-refractivity contribution in [1.29, 1.82) is 0 Å². The third-order valence-electron chi connectivity index (χ3n) is 4.02. The fourth-order valence-corrected chi connectivity index (χ4v) is 2.85. The van der Waals surface area contributed by atoms with Gasteiger partial charge in [-0.05, 0) is 47.4 Å². The summed E-state index contributed by atoms with van der Waals surface area (Å²) in [6.45, 7) is 1.59. The number of nitrogens with one attached hydrogen (secondary N) is 1. The molecule has 0 amide bonds. The van der Waals surface area contributed by atoms with Crippen LogP contribution in [-0.2, 0) is 19.1 Å². The van der Waals surface area contributed by atoms with Gasteiger partial charge in [-0.15, -0.1) is 0 Å². The van der Waals surface area contributed by atoms with E-state index in [0.29, 0.717) is 5.56 Å². The third kappa shape index (κ3) is 2.87.